The second-order valence-electron chi connectivity index (χ2n) is 5.24. The van der Waals surface area contributed by atoms with Crippen LogP contribution in [0.3, 0.4) is 0 Å². The molecule has 5 heteroatoms. The van der Waals surface area contributed by atoms with E-state index in [1.165, 1.54) is 3.57 Å². The Labute approximate surface area is 140 Å². The number of nitrogens with one attached hydrogen (secondary N) is 1. The standard InChI is InChI=1S/C16H24INO3/c1-3-7-18-14-11-15(16(14)20-9-8-19-2)21-13-6-4-5-12(17)10-13/h4-6,10,14-16,18H,3,7-9,11H2,1-2H3. The van der Waals surface area contributed by atoms with Crippen LogP contribution in [0.1, 0.15) is 19.8 Å². The maximum absolute atomic E-state index is 6.07. The van der Waals surface area contributed by atoms with Crippen molar-refractivity contribution in [3.63, 3.8) is 0 Å². The minimum absolute atomic E-state index is 0.101. The van der Waals surface area contributed by atoms with Crippen LogP contribution in [0, 0.1) is 3.57 Å². The quantitative estimate of drug-likeness (QED) is 0.507. The van der Waals surface area contributed by atoms with E-state index in [0.29, 0.717) is 19.3 Å². The molecule has 0 aromatic heterocycles. The number of halogens is 1. The summed E-state index contributed by atoms with van der Waals surface area (Å²) in [5.74, 6) is 0.918. The zero-order chi connectivity index (χ0) is 15.1. The number of ether oxygens (including phenoxy) is 3. The third-order valence-corrected chi connectivity index (χ3v) is 4.26. The molecule has 0 amide bonds. The molecule has 1 aromatic rings. The highest BCUT2D eigenvalue weighted by Gasteiger charge is 2.43. The van der Waals surface area contributed by atoms with Gasteiger partial charge >= 0.3 is 0 Å². The van der Waals surface area contributed by atoms with Crippen LogP contribution >= 0.6 is 22.6 Å². The summed E-state index contributed by atoms with van der Waals surface area (Å²) in [6.45, 7) is 4.42. The minimum Gasteiger partial charge on any atom is -0.488 e. The molecule has 0 saturated heterocycles. The zero-order valence-corrected chi connectivity index (χ0v) is 14.8. The molecule has 1 fully saturated rings. The molecule has 118 valence electrons. The lowest BCUT2D eigenvalue weighted by molar-refractivity contribution is -0.115. The number of hydrogen-bond donors (Lipinski definition) is 1. The van der Waals surface area contributed by atoms with E-state index in [2.05, 4.69) is 47.0 Å². The molecule has 0 spiro atoms. The van der Waals surface area contributed by atoms with Gasteiger partial charge in [-0.2, -0.15) is 0 Å². The lowest BCUT2D eigenvalue weighted by atomic mass is 9.85. The van der Waals surface area contributed by atoms with Gasteiger partial charge in [-0.3, -0.25) is 0 Å². The minimum atomic E-state index is 0.101. The first-order valence-corrected chi connectivity index (χ1v) is 8.58. The van der Waals surface area contributed by atoms with E-state index in [4.69, 9.17) is 14.2 Å². The van der Waals surface area contributed by atoms with Crippen molar-refractivity contribution in [2.45, 2.75) is 38.0 Å². The van der Waals surface area contributed by atoms with Crippen LogP contribution < -0.4 is 10.1 Å². The van der Waals surface area contributed by atoms with E-state index in [9.17, 15) is 0 Å². The van der Waals surface area contributed by atoms with Gasteiger partial charge in [-0.25, -0.2) is 0 Å². The molecule has 1 saturated carbocycles. The lowest BCUT2D eigenvalue weighted by Crippen LogP contribution is -2.61. The summed E-state index contributed by atoms with van der Waals surface area (Å²) in [5, 5.41) is 3.53. The molecule has 4 nitrogen and oxygen atoms in total. The van der Waals surface area contributed by atoms with Crippen molar-refractivity contribution in [1.29, 1.82) is 0 Å². The fourth-order valence-electron chi connectivity index (χ4n) is 2.43. The average Bonchev–Trinajstić information content (AvgIpc) is 2.46. The van der Waals surface area contributed by atoms with Gasteiger partial charge in [0.2, 0.25) is 0 Å². The van der Waals surface area contributed by atoms with Crippen molar-refractivity contribution < 1.29 is 14.2 Å². The molecular formula is C16H24INO3. The molecule has 2 rings (SSSR count). The van der Waals surface area contributed by atoms with Gasteiger partial charge in [-0.05, 0) is 53.8 Å². The highest BCUT2D eigenvalue weighted by molar-refractivity contribution is 14.1. The van der Waals surface area contributed by atoms with Gasteiger partial charge in [-0.1, -0.05) is 13.0 Å². The molecule has 0 bridgehead atoms. The summed E-state index contributed by atoms with van der Waals surface area (Å²) in [6, 6.07) is 8.52. The van der Waals surface area contributed by atoms with Crippen LogP contribution in [0.4, 0.5) is 0 Å². The monoisotopic (exact) mass is 405 g/mol. The van der Waals surface area contributed by atoms with Gasteiger partial charge in [0.1, 0.15) is 18.0 Å². The van der Waals surface area contributed by atoms with Crippen LogP contribution in [-0.4, -0.2) is 45.1 Å². The molecule has 3 atom stereocenters. The first kappa shape index (κ1) is 17.0. The maximum Gasteiger partial charge on any atom is 0.128 e. The van der Waals surface area contributed by atoms with Crippen molar-refractivity contribution >= 4 is 22.6 Å². The van der Waals surface area contributed by atoms with Crippen LogP contribution in [-0.2, 0) is 9.47 Å². The highest BCUT2D eigenvalue weighted by Crippen LogP contribution is 2.29. The second kappa shape index (κ2) is 8.92. The van der Waals surface area contributed by atoms with Crippen molar-refractivity contribution in [3.8, 4) is 5.75 Å². The number of benzene rings is 1. The number of rotatable bonds is 9. The Morgan fingerprint density at radius 3 is 2.90 bits per heavy atom. The second-order valence-corrected chi connectivity index (χ2v) is 6.48. The first-order valence-electron chi connectivity index (χ1n) is 7.50. The van der Waals surface area contributed by atoms with Gasteiger partial charge < -0.3 is 19.5 Å². The molecule has 1 N–H and O–H groups in total. The summed E-state index contributed by atoms with van der Waals surface area (Å²) < 4.78 is 18.2. The Balaban J connectivity index is 1.88. The Morgan fingerprint density at radius 2 is 2.19 bits per heavy atom. The smallest absolute Gasteiger partial charge is 0.128 e. The van der Waals surface area contributed by atoms with E-state index < -0.39 is 0 Å². The maximum atomic E-state index is 6.07. The molecule has 0 heterocycles. The van der Waals surface area contributed by atoms with E-state index in [1.807, 2.05) is 12.1 Å². The third-order valence-electron chi connectivity index (χ3n) is 3.59. The van der Waals surface area contributed by atoms with Gasteiger partial charge in [0.05, 0.1) is 13.2 Å². The SMILES string of the molecule is CCCNC1CC(Oc2cccc(I)c2)C1OCCOC. The predicted molar refractivity (Wildman–Crippen MR) is 91.9 cm³/mol. The topological polar surface area (TPSA) is 39.7 Å². The zero-order valence-electron chi connectivity index (χ0n) is 12.7. The van der Waals surface area contributed by atoms with E-state index in [0.717, 1.165) is 25.1 Å². The molecule has 0 radical (unpaired) electrons. The number of methoxy groups -OCH3 is 1. The Hall–Kier alpha value is -0.370. The molecule has 0 aliphatic heterocycles. The largest absolute Gasteiger partial charge is 0.488 e. The normalized spacial score (nSPS) is 24.6. The van der Waals surface area contributed by atoms with E-state index in [-0.39, 0.29) is 12.2 Å². The number of hydrogen-bond acceptors (Lipinski definition) is 4. The summed E-state index contributed by atoms with van der Waals surface area (Å²) in [6.07, 6.45) is 2.34. The molecule has 1 aromatic carbocycles. The fraction of sp³-hybridized carbons (Fsp3) is 0.625. The predicted octanol–water partition coefficient (Wildman–Crippen LogP) is 2.84. The fourth-order valence-corrected chi connectivity index (χ4v) is 2.95. The van der Waals surface area contributed by atoms with E-state index >= 15 is 0 Å². The first-order chi connectivity index (χ1) is 10.2. The highest BCUT2D eigenvalue weighted by atomic mass is 127. The molecule has 1 aliphatic carbocycles. The Morgan fingerprint density at radius 1 is 1.33 bits per heavy atom. The molecule has 21 heavy (non-hydrogen) atoms. The van der Waals surface area contributed by atoms with Crippen molar-refractivity contribution in [3.05, 3.63) is 27.8 Å². The van der Waals surface area contributed by atoms with Crippen molar-refractivity contribution in [1.82, 2.24) is 5.32 Å². The third kappa shape index (κ3) is 5.09. The van der Waals surface area contributed by atoms with Crippen LogP contribution in [0.2, 0.25) is 0 Å². The lowest BCUT2D eigenvalue weighted by Gasteiger charge is -2.44. The van der Waals surface area contributed by atoms with E-state index in [1.54, 1.807) is 7.11 Å². The van der Waals surface area contributed by atoms with Crippen LogP contribution in [0.25, 0.3) is 0 Å². The van der Waals surface area contributed by atoms with Crippen molar-refractivity contribution in [2.24, 2.45) is 0 Å². The van der Waals surface area contributed by atoms with Gasteiger partial charge in [0.15, 0.2) is 0 Å². The van der Waals surface area contributed by atoms with Gasteiger partial charge in [0, 0.05) is 23.1 Å². The summed E-state index contributed by atoms with van der Waals surface area (Å²) >= 11 is 2.30. The van der Waals surface area contributed by atoms with Crippen molar-refractivity contribution in [2.75, 3.05) is 26.9 Å². The van der Waals surface area contributed by atoms with Gasteiger partial charge in [-0.15, -0.1) is 0 Å². The molecule has 1 aliphatic rings. The Kier molecular flexibility index (Phi) is 7.22. The van der Waals surface area contributed by atoms with Crippen LogP contribution in [0.5, 0.6) is 5.75 Å². The molecule has 3 unspecified atom stereocenters. The summed E-state index contributed by atoms with van der Waals surface area (Å²) in [5.41, 5.74) is 0. The van der Waals surface area contributed by atoms with Gasteiger partial charge in [0.25, 0.3) is 0 Å². The summed E-state index contributed by atoms with van der Waals surface area (Å²) in [4.78, 5) is 0. The average molecular weight is 405 g/mol. The Bertz CT molecular complexity index is 430. The van der Waals surface area contributed by atoms with Crippen LogP contribution in [0.15, 0.2) is 24.3 Å². The summed E-state index contributed by atoms with van der Waals surface area (Å²) in [7, 11) is 1.69. The molecular weight excluding hydrogens is 381 g/mol.